The van der Waals surface area contributed by atoms with Gasteiger partial charge in [0.05, 0.1) is 16.5 Å². The zero-order valence-corrected chi connectivity index (χ0v) is 19.9. The minimum Gasteiger partial charge on any atom is -0.410 e. The number of aromatic amines is 1. The van der Waals surface area contributed by atoms with Crippen molar-refractivity contribution >= 4 is 40.5 Å². The van der Waals surface area contributed by atoms with Crippen LogP contribution in [0.25, 0.3) is 10.8 Å². The van der Waals surface area contributed by atoms with Crippen LogP contribution in [0, 0.1) is 13.8 Å². The van der Waals surface area contributed by atoms with Gasteiger partial charge in [0.2, 0.25) is 5.91 Å². The van der Waals surface area contributed by atoms with E-state index in [0.29, 0.717) is 18.9 Å². The Morgan fingerprint density at radius 3 is 2.66 bits per heavy atom. The van der Waals surface area contributed by atoms with Gasteiger partial charge in [-0.15, -0.1) is 21.5 Å². The molecule has 32 heavy (non-hydrogen) atoms. The molecule has 0 spiro atoms. The summed E-state index contributed by atoms with van der Waals surface area (Å²) in [6.07, 6.45) is 1.56. The Morgan fingerprint density at radius 2 is 2.03 bits per heavy atom. The van der Waals surface area contributed by atoms with Gasteiger partial charge in [0.15, 0.2) is 5.69 Å². The summed E-state index contributed by atoms with van der Waals surface area (Å²) in [4.78, 5) is 46.2. The highest BCUT2D eigenvalue weighted by Crippen LogP contribution is 2.30. The molecular weight excluding hydrogens is 454 g/mol. The first-order valence-electron chi connectivity index (χ1n) is 10.1. The summed E-state index contributed by atoms with van der Waals surface area (Å²) >= 11 is 2.51. The number of nitrogen functional groups attached to an aromatic ring is 1. The van der Waals surface area contributed by atoms with Gasteiger partial charge in [0.25, 0.3) is 16.7 Å². The van der Waals surface area contributed by atoms with E-state index in [1.54, 1.807) is 6.92 Å². The van der Waals surface area contributed by atoms with E-state index in [2.05, 4.69) is 20.2 Å². The van der Waals surface area contributed by atoms with Crippen LogP contribution in [0.4, 0.5) is 11.5 Å². The summed E-state index contributed by atoms with van der Waals surface area (Å²) < 4.78 is 6.95. The summed E-state index contributed by atoms with van der Waals surface area (Å²) in [5, 5.41) is 9.14. The van der Waals surface area contributed by atoms with Crippen LogP contribution in [0.5, 0.6) is 0 Å². The molecule has 0 saturated heterocycles. The lowest BCUT2D eigenvalue weighted by Gasteiger charge is -2.22. The number of unbranched alkanes of at least 4 members (excludes halogenated alkanes) is 1. The zero-order chi connectivity index (χ0) is 23.4. The number of aromatic nitrogens is 5. The number of H-pyrrole nitrogens is 1. The van der Waals surface area contributed by atoms with Gasteiger partial charge in [-0.05, 0) is 27.2 Å². The lowest BCUT2D eigenvalue weighted by Crippen LogP contribution is -2.41. The van der Waals surface area contributed by atoms with Gasteiger partial charge in [0, 0.05) is 13.1 Å². The smallest absolute Gasteiger partial charge is 0.330 e. The molecule has 0 aromatic carbocycles. The first-order chi connectivity index (χ1) is 15.3. The van der Waals surface area contributed by atoms with Crippen molar-refractivity contribution in [3.8, 4) is 10.8 Å². The Bertz CT molecular complexity index is 1230. The number of amides is 1. The number of carbonyl (C=O) groups is 1. The Labute approximate surface area is 192 Å². The van der Waals surface area contributed by atoms with E-state index in [1.165, 1.54) is 20.8 Å². The van der Waals surface area contributed by atoms with Crippen LogP contribution in [0.2, 0.25) is 0 Å². The highest BCUT2D eigenvalue weighted by molar-refractivity contribution is 7.99. The number of hydrogen-bond donors (Lipinski definition) is 2. The van der Waals surface area contributed by atoms with Crippen LogP contribution < -0.4 is 21.9 Å². The minimum absolute atomic E-state index is 0.0245. The Hall–Kier alpha value is -2.93. The van der Waals surface area contributed by atoms with E-state index in [9.17, 15) is 14.4 Å². The summed E-state index contributed by atoms with van der Waals surface area (Å²) in [6, 6.07) is 0. The molecule has 3 heterocycles. The van der Waals surface area contributed by atoms with E-state index >= 15 is 0 Å². The van der Waals surface area contributed by atoms with Crippen LogP contribution in [0.15, 0.2) is 19.2 Å². The quantitative estimate of drug-likeness (QED) is 0.440. The van der Waals surface area contributed by atoms with E-state index in [4.69, 9.17) is 10.2 Å². The number of thioether (sulfide) groups is 1. The molecule has 11 nitrogen and oxygen atoms in total. The lowest BCUT2D eigenvalue weighted by molar-refractivity contribution is -0.116. The molecule has 0 atom stereocenters. The van der Waals surface area contributed by atoms with Gasteiger partial charge in [-0.3, -0.25) is 19.1 Å². The molecule has 0 bridgehead atoms. The van der Waals surface area contributed by atoms with Gasteiger partial charge in [-0.25, -0.2) is 9.78 Å². The van der Waals surface area contributed by atoms with Gasteiger partial charge in [-0.2, -0.15) is 0 Å². The van der Waals surface area contributed by atoms with Crippen molar-refractivity contribution in [2.45, 2.75) is 52.3 Å². The van der Waals surface area contributed by atoms with E-state index in [0.717, 1.165) is 33.8 Å². The molecule has 1 amide bonds. The SMILES string of the molecule is CCCCn1c(N)c(N(CC)C(=O)CSc2nnc(-c3sc(C)nc3C)o2)c(=O)[nH]c1=O. The summed E-state index contributed by atoms with van der Waals surface area (Å²) in [7, 11) is 0. The summed E-state index contributed by atoms with van der Waals surface area (Å²) in [5.41, 5.74) is 5.61. The minimum atomic E-state index is -0.698. The van der Waals surface area contributed by atoms with Gasteiger partial charge < -0.3 is 15.1 Å². The topological polar surface area (TPSA) is 153 Å². The van der Waals surface area contributed by atoms with Crippen molar-refractivity contribution in [3.63, 3.8) is 0 Å². The number of anilines is 2. The molecule has 0 unspecified atom stereocenters. The maximum atomic E-state index is 12.9. The molecule has 3 aromatic rings. The third-order valence-corrected chi connectivity index (χ3v) is 6.52. The predicted octanol–water partition coefficient (Wildman–Crippen LogP) is 2.19. The number of thiazole rings is 1. The average molecular weight is 480 g/mol. The summed E-state index contributed by atoms with van der Waals surface area (Å²) in [6.45, 7) is 8.01. The number of nitrogens with one attached hydrogen (secondary N) is 1. The molecule has 3 N–H and O–H groups in total. The second kappa shape index (κ2) is 10.1. The Morgan fingerprint density at radius 1 is 1.28 bits per heavy atom. The second-order valence-electron chi connectivity index (χ2n) is 6.95. The normalized spacial score (nSPS) is 11.1. The Balaban J connectivity index is 1.78. The largest absolute Gasteiger partial charge is 0.410 e. The maximum Gasteiger partial charge on any atom is 0.330 e. The molecule has 0 radical (unpaired) electrons. The molecule has 0 aliphatic carbocycles. The molecule has 0 aliphatic heterocycles. The van der Waals surface area contributed by atoms with Crippen LogP contribution >= 0.6 is 23.1 Å². The number of carbonyl (C=O) groups excluding carboxylic acids is 1. The van der Waals surface area contributed by atoms with Crippen molar-refractivity contribution < 1.29 is 9.21 Å². The molecule has 0 aliphatic rings. The molecule has 0 saturated carbocycles. The predicted molar refractivity (Wildman–Crippen MR) is 124 cm³/mol. The number of nitrogens with two attached hydrogens (primary N) is 1. The first-order valence-corrected chi connectivity index (χ1v) is 11.9. The van der Waals surface area contributed by atoms with E-state index in [1.807, 2.05) is 20.8 Å². The van der Waals surface area contributed by atoms with Crippen LogP contribution in [0.1, 0.15) is 37.4 Å². The fraction of sp³-hybridized carbons (Fsp3) is 0.474. The molecule has 172 valence electrons. The van der Waals surface area contributed by atoms with Crippen molar-refractivity contribution in [3.05, 3.63) is 31.5 Å². The molecule has 13 heteroatoms. The number of rotatable bonds is 9. The van der Waals surface area contributed by atoms with Crippen molar-refractivity contribution in [2.24, 2.45) is 0 Å². The van der Waals surface area contributed by atoms with Crippen molar-refractivity contribution in [2.75, 3.05) is 22.9 Å². The number of aryl methyl sites for hydroxylation is 2. The standard InChI is InChI=1S/C19H25N7O4S2/c1-5-7-8-26-15(20)13(16(28)22-18(26)29)25(6-2)12(27)9-31-19-24-23-17(30-19)14-10(3)21-11(4)32-14/h5-9,20H2,1-4H3,(H,22,28,29). The Kier molecular flexibility index (Phi) is 7.51. The number of nitrogens with zero attached hydrogens (tertiary/aromatic N) is 5. The molecular formula is C19H25N7O4S2. The monoisotopic (exact) mass is 479 g/mol. The van der Waals surface area contributed by atoms with Crippen LogP contribution in [0.3, 0.4) is 0 Å². The van der Waals surface area contributed by atoms with Gasteiger partial charge in [0.1, 0.15) is 10.7 Å². The molecule has 3 rings (SSSR count). The van der Waals surface area contributed by atoms with Gasteiger partial charge >= 0.3 is 5.69 Å². The number of hydrogen-bond acceptors (Lipinski definition) is 10. The summed E-state index contributed by atoms with van der Waals surface area (Å²) in [5.74, 6) is -0.106. The van der Waals surface area contributed by atoms with Crippen molar-refractivity contribution in [1.82, 2.24) is 24.7 Å². The van der Waals surface area contributed by atoms with Crippen molar-refractivity contribution in [1.29, 1.82) is 0 Å². The highest BCUT2D eigenvalue weighted by atomic mass is 32.2. The second-order valence-corrected chi connectivity index (χ2v) is 9.08. The lowest BCUT2D eigenvalue weighted by atomic mass is 10.3. The van der Waals surface area contributed by atoms with Crippen LogP contribution in [-0.4, -0.2) is 42.9 Å². The zero-order valence-electron chi connectivity index (χ0n) is 18.3. The van der Waals surface area contributed by atoms with Crippen LogP contribution in [-0.2, 0) is 11.3 Å². The third-order valence-electron chi connectivity index (χ3n) is 4.66. The molecule has 0 fully saturated rings. The third kappa shape index (κ3) is 4.93. The average Bonchev–Trinajstić information content (AvgIpc) is 3.34. The molecule has 3 aromatic heterocycles. The van der Waals surface area contributed by atoms with Gasteiger partial charge in [-0.1, -0.05) is 25.1 Å². The first kappa shape index (κ1) is 23.7. The maximum absolute atomic E-state index is 12.9. The van der Waals surface area contributed by atoms with E-state index in [-0.39, 0.29) is 34.9 Å². The fourth-order valence-corrected chi connectivity index (χ4v) is 4.61. The fourth-order valence-electron chi connectivity index (χ4n) is 3.13. The van der Waals surface area contributed by atoms with E-state index < -0.39 is 11.2 Å². The highest BCUT2D eigenvalue weighted by Gasteiger charge is 2.24.